The monoisotopic (exact) mass is 380 g/mol. The van der Waals surface area contributed by atoms with Crippen molar-refractivity contribution in [3.05, 3.63) is 23.3 Å². The molecule has 0 saturated carbocycles. The van der Waals surface area contributed by atoms with E-state index in [-0.39, 0.29) is 23.1 Å². The van der Waals surface area contributed by atoms with Crippen molar-refractivity contribution < 1.29 is 23.1 Å². The maximum atomic E-state index is 12.8. The first-order valence-electron chi connectivity index (χ1n) is 8.90. The van der Waals surface area contributed by atoms with Crippen molar-refractivity contribution in [1.29, 1.82) is 0 Å². The number of sulfonamides is 1. The molecule has 0 aromatic heterocycles. The van der Waals surface area contributed by atoms with Gasteiger partial charge in [-0.25, -0.2) is 8.42 Å². The Kier molecular flexibility index (Phi) is 5.07. The third-order valence-corrected chi connectivity index (χ3v) is 6.31. The van der Waals surface area contributed by atoms with Crippen molar-refractivity contribution in [2.75, 3.05) is 11.4 Å². The zero-order valence-corrected chi connectivity index (χ0v) is 15.8. The summed E-state index contributed by atoms with van der Waals surface area (Å²) >= 11 is 0. The smallest absolute Gasteiger partial charge is 0.321 e. The van der Waals surface area contributed by atoms with Crippen LogP contribution in [-0.2, 0) is 32.5 Å². The number of carbonyl (C=O) groups is 2. The van der Waals surface area contributed by atoms with Crippen LogP contribution in [-0.4, -0.2) is 38.0 Å². The van der Waals surface area contributed by atoms with Gasteiger partial charge in [0.2, 0.25) is 15.9 Å². The standard InChI is InChI=1S/C18H24N2O5S/c1-11(2)8-15(18(22)23)19-26(24,25)14-9-12-4-3-7-20-16(21)6-5-13(10-14)17(12)20/h9-11,15,19H,3-8H2,1-2H3,(H,22,23)/t15-/m0/s1. The van der Waals surface area contributed by atoms with Crippen molar-refractivity contribution in [1.82, 2.24) is 4.72 Å². The molecule has 2 aliphatic heterocycles. The average molecular weight is 380 g/mol. The molecule has 1 amide bonds. The molecule has 2 N–H and O–H groups in total. The van der Waals surface area contributed by atoms with E-state index in [0.717, 1.165) is 23.2 Å². The highest BCUT2D eigenvalue weighted by atomic mass is 32.2. The molecule has 7 nitrogen and oxygen atoms in total. The van der Waals surface area contributed by atoms with E-state index in [9.17, 15) is 23.1 Å². The Bertz CT molecular complexity index is 830. The fraction of sp³-hybridized carbons (Fsp3) is 0.556. The van der Waals surface area contributed by atoms with Crippen LogP contribution in [0.25, 0.3) is 0 Å². The van der Waals surface area contributed by atoms with Crippen LogP contribution in [0, 0.1) is 5.92 Å². The third kappa shape index (κ3) is 3.61. The summed E-state index contributed by atoms with van der Waals surface area (Å²) in [4.78, 5) is 25.4. The molecular formula is C18H24N2O5S. The number of hydrogen-bond acceptors (Lipinski definition) is 4. The lowest BCUT2D eigenvalue weighted by molar-refractivity contribution is -0.139. The van der Waals surface area contributed by atoms with Gasteiger partial charge in [0, 0.05) is 13.0 Å². The molecule has 0 aliphatic carbocycles. The fourth-order valence-electron chi connectivity index (χ4n) is 3.70. The normalized spacial score (nSPS) is 18.0. The molecular weight excluding hydrogens is 356 g/mol. The van der Waals surface area contributed by atoms with Crippen molar-refractivity contribution in [2.45, 2.75) is 56.9 Å². The predicted octanol–water partition coefficient (Wildman–Crippen LogP) is 1.69. The number of amides is 1. The molecule has 1 aromatic rings. The molecule has 0 saturated heterocycles. The molecule has 142 valence electrons. The molecule has 0 fully saturated rings. The van der Waals surface area contributed by atoms with Gasteiger partial charge in [-0.15, -0.1) is 0 Å². The first kappa shape index (κ1) is 18.8. The SMILES string of the molecule is CC(C)C[C@H](NS(=O)(=O)c1cc2c3c(c1)CCC(=O)N3CCC2)C(=O)O. The Morgan fingerprint density at radius 3 is 2.50 bits per heavy atom. The lowest BCUT2D eigenvalue weighted by Crippen LogP contribution is -2.42. The van der Waals surface area contributed by atoms with E-state index < -0.39 is 22.0 Å². The van der Waals surface area contributed by atoms with Crippen LogP contribution in [0.3, 0.4) is 0 Å². The Morgan fingerprint density at radius 2 is 1.88 bits per heavy atom. The minimum absolute atomic E-state index is 0.0445. The highest BCUT2D eigenvalue weighted by Gasteiger charge is 2.32. The van der Waals surface area contributed by atoms with Crippen molar-refractivity contribution in [2.24, 2.45) is 5.92 Å². The lowest BCUT2D eigenvalue weighted by atomic mass is 9.92. The Balaban J connectivity index is 1.96. The van der Waals surface area contributed by atoms with Crippen LogP contribution in [0.15, 0.2) is 17.0 Å². The number of benzene rings is 1. The zero-order valence-electron chi connectivity index (χ0n) is 15.0. The molecule has 26 heavy (non-hydrogen) atoms. The molecule has 3 rings (SSSR count). The van der Waals surface area contributed by atoms with Crippen molar-refractivity contribution >= 4 is 27.6 Å². The van der Waals surface area contributed by atoms with Crippen molar-refractivity contribution in [3.8, 4) is 0 Å². The Morgan fingerprint density at radius 1 is 1.23 bits per heavy atom. The van der Waals surface area contributed by atoms with Gasteiger partial charge >= 0.3 is 5.97 Å². The number of carboxylic acids is 1. The summed E-state index contributed by atoms with van der Waals surface area (Å²) < 4.78 is 27.9. The first-order valence-corrected chi connectivity index (χ1v) is 10.4. The number of nitrogens with zero attached hydrogens (tertiary/aromatic N) is 1. The van der Waals surface area contributed by atoms with Gasteiger partial charge in [0.1, 0.15) is 6.04 Å². The second kappa shape index (κ2) is 7.00. The van der Waals surface area contributed by atoms with Crippen LogP contribution in [0.2, 0.25) is 0 Å². The highest BCUT2D eigenvalue weighted by Crippen LogP contribution is 2.37. The van der Waals surface area contributed by atoms with Gasteiger partial charge in [0.05, 0.1) is 10.6 Å². The molecule has 1 atom stereocenters. The number of aryl methyl sites for hydroxylation is 2. The Hall–Kier alpha value is -1.93. The van der Waals surface area contributed by atoms with E-state index in [0.29, 0.717) is 25.8 Å². The fourth-order valence-corrected chi connectivity index (χ4v) is 5.01. The average Bonchev–Trinajstić information content (AvgIpc) is 2.56. The molecule has 0 bridgehead atoms. The lowest BCUT2D eigenvalue weighted by Gasteiger charge is -2.35. The van der Waals surface area contributed by atoms with Gasteiger partial charge in [0.25, 0.3) is 0 Å². The minimum atomic E-state index is -3.96. The second-order valence-corrected chi connectivity index (χ2v) is 9.09. The molecule has 0 spiro atoms. The third-order valence-electron chi connectivity index (χ3n) is 4.86. The van der Waals surface area contributed by atoms with Gasteiger partial charge in [-0.05, 0) is 54.9 Å². The summed E-state index contributed by atoms with van der Waals surface area (Å²) in [5.41, 5.74) is 2.54. The van der Waals surface area contributed by atoms with E-state index in [1.807, 2.05) is 13.8 Å². The van der Waals surface area contributed by atoms with Crippen LogP contribution < -0.4 is 9.62 Å². The summed E-state index contributed by atoms with van der Waals surface area (Å²) in [6.07, 6.45) is 2.60. The van der Waals surface area contributed by atoms with E-state index >= 15 is 0 Å². The summed E-state index contributed by atoms with van der Waals surface area (Å²) in [6, 6.07) is 2.01. The Labute approximate surface area is 153 Å². The maximum Gasteiger partial charge on any atom is 0.321 e. The summed E-state index contributed by atoms with van der Waals surface area (Å²) in [5, 5.41) is 9.33. The molecule has 8 heteroatoms. The summed E-state index contributed by atoms with van der Waals surface area (Å²) in [6.45, 7) is 4.36. The van der Waals surface area contributed by atoms with E-state index in [1.54, 1.807) is 17.0 Å². The highest BCUT2D eigenvalue weighted by molar-refractivity contribution is 7.89. The minimum Gasteiger partial charge on any atom is -0.480 e. The number of carbonyl (C=O) groups excluding carboxylic acids is 1. The predicted molar refractivity (Wildman–Crippen MR) is 96.6 cm³/mol. The number of anilines is 1. The van der Waals surface area contributed by atoms with Gasteiger partial charge < -0.3 is 10.0 Å². The molecule has 2 aliphatic rings. The number of rotatable bonds is 6. The zero-order chi connectivity index (χ0) is 19.1. The van der Waals surface area contributed by atoms with Gasteiger partial charge in [-0.3, -0.25) is 9.59 Å². The van der Waals surface area contributed by atoms with E-state index in [2.05, 4.69) is 4.72 Å². The topological polar surface area (TPSA) is 104 Å². The van der Waals surface area contributed by atoms with E-state index in [4.69, 9.17) is 0 Å². The first-order chi connectivity index (χ1) is 12.2. The maximum absolute atomic E-state index is 12.8. The van der Waals surface area contributed by atoms with Crippen LogP contribution in [0.4, 0.5) is 5.69 Å². The van der Waals surface area contributed by atoms with Crippen molar-refractivity contribution in [3.63, 3.8) is 0 Å². The van der Waals surface area contributed by atoms with Gasteiger partial charge in [0.15, 0.2) is 0 Å². The number of carboxylic acid groups (broad SMARTS) is 1. The number of aliphatic carboxylic acids is 1. The van der Waals surface area contributed by atoms with Crippen LogP contribution in [0.5, 0.6) is 0 Å². The molecule has 2 heterocycles. The van der Waals surface area contributed by atoms with Gasteiger partial charge in [-0.1, -0.05) is 13.8 Å². The number of hydrogen-bond donors (Lipinski definition) is 2. The quantitative estimate of drug-likeness (QED) is 0.782. The molecule has 0 unspecified atom stereocenters. The number of nitrogens with one attached hydrogen (secondary N) is 1. The summed E-state index contributed by atoms with van der Waals surface area (Å²) in [5.74, 6) is -1.06. The summed E-state index contributed by atoms with van der Waals surface area (Å²) in [7, 11) is -3.96. The van der Waals surface area contributed by atoms with Crippen LogP contribution in [0.1, 0.15) is 44.2 Å². The molecule has 1 aromatic carbocycles. The van der Waals surface area contributed by atoms with Crippen LogP contribution >= 0.6 is 0 Å². The molecule has 0 radical (unpaired) electrons. The van der Waals surface area contributed by atoms with E-state index in [1.165, 1.54) is 0 Å². The largest absolute Gasteiger partial charge is 0.480 e. The second-order valence-electron chi connectivity index (χ2n) is 7.38. The van der Waals surface area contributed by atoms with Gasteiger partial charge in [-0.2, -0.15) is 4.72 Å².